The highest BCUT2D eigenvalue weighted by molar-refractivity contribution is 5.86. The SMILES string of the molecule is COC1COCCC1NC1CC2CN(C(=O)OCCN3CCCC3)CC2(C(=O)N2CCc3ccc(C(F)(F)F)cc3C2)C1. The Morgan fingerprint density at radius 2 is 1.95 bits per heavy atom. The van der Waals surface area contributed by atoms with Gasteiger partial charge in [-0.2, -0.15) is 13.2 Å². The minimum Gasteiger partial charge on any atom is -0.448 e. The van der Waals surface area contributed by atoms with E-state index in [4.69, 9.17) is 14.2 Å². The predicted octanol–water partition coefficient (Wildman–Crippen LogP) is 3.30. The topological polar surface area (TPSA) is 83.6 Å². The first-order valence-corrected chi connectivity index (χ1v) is 15.7. The second-order valence-corrected chi connectivity index (χ2v) is 12.9. The summed E-state index contributed by atoms with van der Waals surface area (Å²) < 4.78 is 57.3. The molecule has 43 heavy (non-hydrogen) atoms. The summed E-state index contributed by atoms with van der Waals surface area (Å²) in [6.45, 7) is 5.48. The van der Waals surface area contributed by atoms with E-state index in [1.807, 2.05) is 0 Å². The molecule has 4 heterocycles. The molecular formula is C31H43F3N4O5. The largest absolute Gasteiger partial charge is 0.448 e. The molecule has 0 bridgehead atoms. The summed E-state index contributed by atoms with van der Waals surface area (Å²) in [4.78, 5) is 33.3. The Morgan fingerprint density at radius 1 is 1.14 bits per heavy atom. The number of hydrogen-bond acceptors (Lipinski definition) is 7. The first kappa shape index (κ1) is 30.6. The van der Waals surface area contributed by atoms with E-state index in [-0.39, 0.29) is 43.1 Å². The highest BCUT2D eigenvalue weighted by atomic mass is 19.4. The van der Waals surface area contributed by atoms with Crippen LogP contribution in [0.25, 0.3) is 0 Å². The van der Waals surface area contributed by atoms with Crippen molar-refractivity contribution in [3.63, 3.8) is 0 Å². The number of hydrogen-bond donors (Lipinski definition) is 1. The average Bonchev–Trinajstić information content (AvgIpc) is 3.72. The van der Waals surface area contributed by atoms with Crippen LogP contribution in [0.1, 0.15) is 48.8 Å². The summed E-state index contributed by atoms with van der Waals surface area (Å²) in [5.74, 6) is -0.153. The molecule has 9 nitrogen and oxygen atoms in total. The van der Waals surface area contributed by atoms with Crippen LogP contribution in [0.5, 0.6) is 0 Å². The Hall–Kier alpha value is -2.41. The van der Waals surface area contributed by atoms with E-state index in [1.165, 1.54) is 25.0 Å². The quantitative estimate of drug-likeness (QED) is 0.509. The lowest BCUT2D eigenvalue weighted by Crippen LogP contribution is -2.52. The van der Waals surface area contributed by atoms with Gasteiger partial charge in [0, 0.05) is 58.5 Å². The van der Waals surface area contributed by atoms with Crippen molar-refractivity contribution in [3.05, 3.63) is 34.9 Å². The molecule has 3 saturated heterocycles. The zero-order valence-electron chi connectivity index (χ0n) is 24.9. The zero-order chi connectivity index (χ0) is 30.2. The lowest BCUT2D eigenvalue weighted by atomic mass is 9.78. The van der Waals surface area contributed by atoms with Gasteiger partial charge in [-0.05, 0) is 80.8 Å². The van der Waals surface area contributed by atoms with E-state index < -0.39 is 23.2 Å². The molecule has 5 aliphatic rings. The third-order valence-electron chi connectivity index (χ3n) is 10.3. The second-order valence-electron chi connectivity index (χ2n) is 12.9. The number of alkyl halides is 3. The van der Waals surface area contributed by atoms with E-state index >= 15 is 0 Å². The van der Waals surface area contributed by atoms with Crippen molar-refractivity contribution in [3.8, 4) is 0 Å². The maximum absolute atomic E-state index is 14.5. The molecule has 1 saturated carbocycles. The van der Waals surface area contributed by atoms with Crippen LogP contribution in [0, 0.1) is 11.3 Å². The molecule has 0 spiro atoms. The molecule has 5 unspecified atom stereocenters. The maximum atomic E-state index is 14.5. The number of methoxy groups -OCH3 is 1. The zero-order valence-corrected chi connectivity index (χ0v) is 24.9. The molecule has 0 aromatic heterocycles. The second kappa shape index (κ2) is 12.5. The minimum absolute atomic E-state index is 0.0527. The lowest BCUT2D eigenvalue weighted by Gasteiger charge is -2.38. The summed E-state index contributed by atoms with van der Waals surface area (Å²) in [5, 5.41) is 3.74. The molecule has 4 aliphatic heterocycles. The number of carbonyl (C=O) groups is 2. The van der Waals surface area contributed by atoms with Gasteiger partial charge in [0.1, 0.15) is 6.61 Å². The molecule has 12 heteroatoms. The van der Waals surface area contributed by atoms with Gasteiger partial charge in [-0.1, -0.05) is 6.07 Å². The van der Waals surface area contributed by atoms with Crippen molar-refractivity contribution >= 4 is 12.0 Å². The van der Waals surface area contributed by atoms with Gasteiger partial charge in [-0.3, -0.25) is 9.69 Å². The van der Waals surface area contributed by atoms with Gasteiger partial charge in [0.05, 0.1) is 23.7 Å². The van der Waals surface area contributed by atoms with Crippen LogP contribution in [0.2, 0.25) is 0 Å². The number of amides is 2. The van der Waals surface area contributed by atoms with E-state index in [0.29, 0.717) is 57.9 Å². The van der Waals surface area contributed by atoms with Gasteiger partial charge in [-0.15, -0.1) is 0 Å². The number of carbonyl (C=O) groups excluding carboxylic acids is 2. The fourth-order valence-corrected chi connectivity index (χ4v) is 7.99. The number of fused-ring (bicyclic) bond motifs is 2. The van der Waals surface area contributed by atoms with Crippen LogP contribution in [0.3, 0.4) is 0 Å². The number of halogens is 3. The molecule has 1 N–H and O–H groups in total. The van der Waals surface area contributed by atoms with Crippen LogP contribution < -0.4 is 5.32 Å². The van der Waals surface area contributed by atoms with Crippen molar-refractivity contribution < 1.29 is 37.0 Å². The van der Waals surface area contributed by atoms with E-state index in [2.05, 4.69) is 10.2 Å². The summed E-state index contributed by atoms with van der Waals surface area (Å²) >= 11 is 0. The number of rotatable bonds is 7. The van der Waals surface area contributed by atoms with Gasteiger partial charge < -0.3 is 29.3 Å². The van der Waals surface area contributed by atoms with Crippen LogP contribution in [-0.4, -0.2) is 111 Å². The molecule has 4 fully saturated rings. The fourth-order valence-electron chi connectivity index (χ4n) is 7.99. The van der Waals surface area contributed by atoms with E-state index in [9.17, 15) is 22.8 Å². The van der Waals surface area contributed by atoms with Crippen molar-refractivity contribution in [2.24, 2.45) is 11.3 Å². The third-order valence-corrected chi connectivity index (χ3v) is 10.3. The normalized spacial score (nSPS) is 31.3. The third kappa shape index (κ3) is 6.39. The van der Waals surface area contributed by atoms with Gasteiger partial charge in [0.25, 0.3) is 0 Å². The smallest absolute Gasteiger partial charge is 0.416 e. The van der Waals surface area contributed by atoms with Gasteiger partial charge in [0.15, 0.2) is 0 Å². The molecule has 0 radical (unpaired) electrons. The maximum Gasteiger partial charge on any atom is 0.416 e. The van der Waals surface area contributed by atoms with Crippen molar-refractivity contribution in [2.45, 2.75) is 69.4 Å². The molecule has 238 valence electrons. The number of ether oxygens (including phenoxy) is 3. The highest BCUT2D eigenvalue weighted by Crippen LogP contribution is 2.51. The summed E-state index contributed by atoms with van der Waals surface area (Å²) in [5.41, 5.74) is -0.138. The summed E-state index contributed by atoms with van der Waals surface area (Å²) in [6.07, 6.45) is -0.00796. The van der Waals surface area contributed by atoms with Crippen LogP contribution in [0.4, 0.5) is 18.0 Å². The minimum atomic E-state index is -4.44. The predicted molar refractivity (Wildman–Crippen MR) is 151 cm³/mol. The first-order chi connectivity index (χ1) is 20.7. The highest BCUT2D eigenvalue weighted by Gasteiger charge is 2.60. The summed E-state index contributed by atoms with van der Waals surface area (Å²) in [7, 11) is 1.67. The Bertz CT molecular complexity index is 1180. The number of likely N-dealkylation sites (tertiary alicyclic amines) is 2. The van der Waals surface area contributed by atoms with Crippen LogP contribution in [0.15, 0.2) is 18.2 Å². The summed E-state index contributed by atoms with van der Waals surface area (Å²) in [6, 6.07) is 3.98. The molecule has 1 aromatic rings. The Labute approximate surface area is 251 Å². The van der Waals surface area contributed by atoms with Crippen molar-refractivity contribution in [2.75, 3.05) is 66.2 Å². The molecular weight excluding hydrogens is 565 g/mol. The Morgan fingerprint density at radius 3 is 2.72 bits per heavy atom. The molecule has 2 amide bonds. The monoisotopic (exact) mass is 608 g/mol. The molecule has 1 aliphatic carbocycles. The first-order valence-electron chi connectivity index (χ1n) is 15.7. The number of nitrogens with one attached hydrogen (secondary N) is 1. The van der Waals surface area contributed by atoms with E-state index in [1.54, 1.807) is 16.9 Å². The van der Waals surface area contributed by atoms with Crippen LogP contribution >= 0.6 is 0 Å². The van der Waals surface area contributed by atoms with Crippen molar-refractivity contribution in [1.29, 1.82) is 0 Å². The Balaban J connectivity index is 1.18. The van der Waals surface area contributed by atoms with E-state index in [0.717, 1.165) is 37.6 Å². The van der Waals surface area contributed by atoms with Crippen molar-refractivity contribution in [1.82, 2.24) is 20.0 Å². The Kier molecular flexibility index (Phi) is 8.92. The molecule has 6 rings (SSSR count). The lowest BCUT2D eigenvalue weighted by molar-refractivity contribution is -0.143. The standard InChI is InChI=1S/C31H43F3N4O5/c1-41-27-19-42-12-7-26(27)35-25-15-24-18-38(29(40)43-13-11-36-8-2-3-9-36)20-30(24,16-25)28(39)37-10-6-21-4-5-23(31(32,33)34)14-22(21)17-37/h4-5,14,24-27,35H,2-3,6-13,15-20H2,1H3. The average molecular weight is 609 g/mol. The molecule has 5 atom stereocenters. The van der Waals surface area contributed by atoms with Crippen LogP contribution in [-0.2, 0) is 38.1 Å². The number of nitrogens with zero attached hydrogens (tertiary/aromatic N) is 3. The molecule has 1 aromatic carbocycles. The number of benzene rings is 1. The van der Waals surface area contributed by atoms with Gasteiger partial charge >= 0.3 is 12.3 Å². The fraction of sp³-hybridized carbons (Fsp3) is 0.742. The van der Waals surface area contributed by atoms with Gasteiger partial charge in [-0.25, -0.2) is 4.79 Å². The van der Waals surface area contributed by atoms with Gasteiger partial charge in [0.2, 0.25) is 5.91 Å².